The van der Waals surface area contributed by atoms with E-state index >= 15 is 0 Å². The van der Waals surface area contributed by atoms with E-state index in [2.05, 4.69) is 15.9 Å². The van der Waals surface area contributed by atoms with E-state index in [4.69, 9.17) is 0 Å². The molecule has 3 heteroatoms. The number of hydrogen-bond donors (Lipinski definition) is 0. The van der Waals surface area contributed by atoms with Gasteiger partial charge in [0.15, 0.2) is 5.13 Å². The van der Waals surface area contributed by atoms with Gasteiger partial charge in [0.2, 0.25) is 0 Å². The monoisotopic (exact) mass is 194 g/mol. The molecule has 0 saturated heterocycles. The van der Waals surface area contributed by atoms with Crippen LogP contribution in [0.4, 0.5) is 4.39 Å². The first-order valence-electron chi connectivity index (χ1n) is 2.11. The Hall–Kier alpha value is 0.110. The third kappa shape index (κ3) is 1.09. The number of hydrogen-bond acceptors (Lipinski definition) is 1. The van der Waals surface area contributed by atoms with E-state index in [-0.39, 0.29) is 5.13 Å². The minimum Gasteiger partial charge on any atom is -0.195 e. The Bertz CT molecular complexity index is 175. The lowest BCUT2D eigenvalue weighted by molar-refractivity contribution is 0.649. The van der Waals surface area contributed by atoms with Crippen LogP contribution in [0.2, 0.25) is 0 Å². The molecule has 1 aromatic rings. The van der Waals surface area contributed by atoms with Gasteiger partial charge in [0.05, 0.1) is 3.79 Å². The van der Waals surface area contributed by atoms with Gasteiger partial charge in [-0.25, -0.2) is 0 Å². The molecule has 1 heterocycles. The maximum absolute atomic E-state index is 12.3. The maximum Gasteiger partial charge on any atom is 0.180 e. The Kier molecular flexibility index (Phi) is 1.68. The largest absolute Gasteiger partial charge is 0.195 e. The number of thiophene rings is 1. The lowest BCUT2D eigenvalue weighted by Gasteiger charge is -1.74. The van der Waals surface area contributed by atoms with Crippen LogP contribution >= 0.6 is 27.3 Å². The maximum atomic E-state index is 12.3. The van der Waals surface area contributed by atoms with Crippen LogP contribution in [-0.2, 0) is 0 Å². The molecule has 0 amide bonds. The van der Waals surface area contributed by atoms with Gasteiger partial charge >= 0.3 is 0 Å². The van der Waals surface area contributed by atoms with Crippen molar-refractivity contribution in [3.8, 4) is 0 Å². The van der Waals surface area contributed by atoms with Crippen molar-refractivity contribution in [3.63, 3.8) is 0 Å². The molecule has 0 aliphatic heterocycles. The van der Waals surface area contributed by atoms with E-state index in [9.17, 15) is 4.39 Å². The van der Waals surface area contributed by atoms with Crippen molar-refractivity contribution >= 4 is 27.3 Å². The van der Waals surface area contributed by atoms with Gasteiger partial charge in [-0.2, -0.15) is 4.39 Å². The van der Waals surface area contributed by atoms with E-state index in [0.29, 0.717) is 5.56 Å². The molecular formula is C5H4BrFS. The highest BCUT2D eigenvalue weighted by atomic mass is 79.9. The summed E-state index contributed by atoms with van der Waals surface area (Å²) in [7, 11) is 0. The average molecular weight is 195 g/mol. The van der Waals surface area contributed by atoms with E-state index in [1.54, 1.807) is 13.0 Å². The predicted molar refractivity (Wildman–Crippen MR) is 36.7 cm³/mol. The molecular weight excluding hydrogens is 191 g/mol. The van der Waals surface area contributed by atoms with Gasteiger partial charge in [0, 0.05) is 0 Å². The molecule has 0 aliphatic carbocycles. The van der Waals surface area contributed by atoms with Crippen LogP contribution in [0.3, 0.4) is 0 Å². The SMILES string of the molecule is Cc1cc(Br)sc1F. The third-order valence-electron chi connectivity index (χ3n) is 0.827. The normalized spacial score (nSPS) is 9.88. The first-order valence-corrected chi connectivity index (χ1v) is 3.72. The summed E-state index contributed by atoms with van der Waals surface area (Å²) in [6, 6.07) is 1.76. The second-order valence-corrected chi connectivity index (χ2v) is 3.89. The number of halogens is 2. The van der Waals surface area contributed by atoms with Gasteiger partial charge in [-0.3, -0.25) is 0 Å². The lowest BCUT2D eigenvalue weighted by Crippen LogP contribution is -1.63. The molecule has 0 unspecified atom stereocenters. The van der Waals surface area contributed by atoms with Gasteiger partial charge in [-0.1, -0.05) is 11.3 Å². The van der Waals surface area contributed by atoms with Crippen molar-refractivity contribution in [2.45, 2.75) is 6.92 Å². The van der Waals surface area contributed by atoms with Crippen molar-refractivity contribution in [3.05, 3.63) is 20.5 Å². The van der Waals surface area contributed by atoms with Crippen LogP contribution in [-0.4, -0.2) is 0 Å². The van der Waals surface area contributed by atoms with Gasteiger partial charge in [-0.15, -0.1) is 0 Å². The predicted octanol–water partition coefficient (Wildman–Crippen LogP) is 2.96. The summed E-state index contributed by atoms with van der Waals surface area (Å²) in [5.74, 6) is 0. The average Bonchev–Trinajstić information content (AvgIpc) is 1.85. The van der Waals surface area contributed by atoms with Crippen LogP contribution in [0.1, 0.15) is 5.56 Å². The number of rotatable bonds is 0. The zero-order valence-corrected chi connectivity index (χ0v) is 6.64. The fourth-order valence-corrected chi connectivity index (χ4v) is 1.82. The molecule has 0 radical (unpaired) electrons. The topological polar surface area (TPSA) is 0 Å². The molecule has 0 nitrogen and oxygen atoms in total. The summed E-state index contributed by atoms with van der Waals surface area (Å²) < 4.78 is 13.2. The molecule has 0 aromatic carbocycles. The van der Waals surface area contributed by atoms with Crippen molar-refractivity contribution in [1.82, 2.24) is 0 Å². The molecule has 0 saturated carbocycles. The Balaban J connectivity index is 3.14. The van der Waals surface area contributed by atoms with Gasteiger partial charge in [0.1, 0.15) is 0 Å². The highest BCUT2D eigenvalue weighted by Crippen LogP contribution is 2.24. The lowest BCUT2D eigenvalue weighted by atomic mass is 10.4. The van der Waals surface area contributed by atoms with Gasteiger partial charge < -0.3 is 0 Å². The second kappa shape index (κ2) is 2.15. The molecule has 0 atom stereocenters. The van der Waals surface area contributed by atoms with Gasteiger partial charge in [0.25, 0.3) is 0 Å². The van der Waals surface area contributed by atoms with Crippen LogP contribution in [0.25, 0.3) is 0 Å². The van der Waals surface area contributed by atoms with Crippen molar-refractivity contribution in [2.75, 3.05) is 0 Å². The Morgan fingerprint density at radius 1 is 1.75 bits per heavy atom. The third-order valence-corrected chi connectivity index (χ3v) is 2.36. The molecule has 8 heavy (non-hydrogen) atoms. The quantitative estimate of drug-likeness (QED) is 0.596. The van der Waals surface area contributed by atoms with Crippen LogP contribution in [0.5, 0.6) is 0 Å². The van der Waals surface area contributed by atoms with Crippen molar-refractivity contribution < 1.29 is 4.39 Å². The summed E-state index contributed by atoms with van der Waals surface area (Å²) >= 11 is 4.28. The Morgan fingerprint density at radius 2 is 2.38 bits per heavy atom. The van der Waals surface area contributed by atoms with Crippen LogP contribution in [0, 0.1) is 12.1 Å². The highest BCUT2D eigenvalue weighted by molar-refractivity contribution is 9.11. The van der Waals surface area contributed by atoms with Crippen molar-refractivity contribution in [1.29, 1.82) is 0 Å². The molecule has 1 rings (SSSR count). The first-order chi connectivity index (χ1) is 3.70. The molecule has 0 bridgehead atoms. The summed E-state index contributed by atoms with van der Waals surface area (Å²) in [4.78, 5) is 0. The summed E-state index contributed by atoms with van der Waals surface area (Å²) in [6.07, 6.45) is 0. The Morgan fingerprint density at radius 3 is 2.50 bits per heavy atom. The summed E-state index contributed by atoms with van der Waals surface area (Å²) in [6.45, 7) is 1.75. The van der Waals surface area contributed by atoms with Crippen LogP contribution in [0.15, 0.2) is 9.85 Å². The van der Waals surface area contributed by atoms with E-state index in [1.165, 1.54) is 0 Å². The first kappa shape index (κ1) is 6.23. The molecule has 44 valence electrons. The standard InChI is InChI=1S/C5H4BrFS/c1-3-2-4(6)8-5(3)7/h2H,1H3. The highest BCUT2D eigenvalue weighted by Gasteiger charge is 1.99. The zero-order chi connectivity index (χ0) is 6.15. The summed E-state index contributed by atoms with van der Waals surface area (Å²) in [5.41, 5.74) is 0.710. The number of aryl methyl sites for hydroxylation is 1. The molecule has 0 aliphatic rings. The smallest absolute Gasteiger partial charge is 0.180 e. The molecule has 0 N–H and O–H groups in total. The van der Waals surface area contributed by atoms with Crippen LogP contribution < -0.4 is 0 Å². The molecule has 0 spiro atoms. The minimum absolute atomic E-state index is 0.100. The second-order valence-electron chi connectivity index (χ2n) is 1.51. The van der Waals surface area contributed by atoms with E-state index in [1.807, 2.05) is 0 Å². The van der Waals surface area contributed by atoms with E-state index in [0.717, 1.165) is 15.1 Å². The zero-order valence-electron chi connectivity index (χ0n) is 4.24. The fourth-order valence-electron chi connectivity index (χ4n) is 0.423. The molecule has 1 aromatic heterocycles. The minimum atomic E-state index is -0.100. The summed E-state index contributed by atoms with van der Waals surface area (Å²) in [5, 5.41) is -0.100. The van der Waals surface area contributed by atoms with Crippen molar-refractivity contribution in [2.24, 2.45) is 0 Å². The fraction of sp³-hybridized carbons (Fsp3) is 0.200. The Labute approximate surface area is 59.5 Å². The van der Waals surface area contributed by atoms with Gasteiger partial charge in [-0.05, 0) is 34.5 Å². The van der Waals surface area contributed by atoms with E-state index < -0.39 is 0 Å². The molecule has 0 fully saturated rings.